The molecule has 0 bridgehead atoms. The van der Waals surface area contributed by atoms with Crippen LogP contribution in [0.4, 0.5) is 10.6 Å². The monoisotopic (exact) mass is 462 g/mol. The molecule has 3 aromatic rings. The number of anilines is 1. The van der Waals surface area contributed by atoms with Crippen LogP contribution in [0.5, 0.6) is 0 Å². The Morgan fingerprint density at radius 1 is 1.06 bits per heavy atom. The van der Waals surface area contributed by atoms with E-state index in [0.717, 1.165) is 28.5 Å². The van der Waals surface area contributed by atoms with Gasteiger partial charge in [0.05, 0.1) is 6.20 Å². The Morgan fingerprint density at radius 2 is 1.65 bits per heavy atom. The Labute approximate surface area is 196 Å². The van der Waals surface area contributed by atoms with Crippen LogP contribution >= 0.6 is 0 Å². The number of carbonyl (C=O) groups excluding carboxylic acids is 2. The molecule has 1 unspecified atom stereocenters. The van der Waals surface area contributed by atoms with Gasteiger partial charge in [0.2, 0.25) is 5.91 Å². The number of fused-ring (bicyclic) bond motifs is 3. The van der Waals surface area contributed by atoms with Crippen LogP contribution in [0.1, 0.15) is 41.3 Å². The Morgan fingerprint density at radius 3 is 2.21 bits per heavy atom. The van der Waals surface area contributed by atoms with Gasteiger partial charge >= 0.3 is 12.1 Å². The Hall–Kier alpha value is -4.14. The highest BCUT2D eigenvalue weighted by Crippen LogP contribution is 2.44. The van der Waals surface area contributed by atoms with Crippen LogP contribution in [-0.4, -0.2) is 45.5 Å². The van der Waals surface area contributed by atoms with Crippen molar-refractivity contribution in [2.24, 2.45) is 13.0 Å². The topological polar surface area (TPSA) is 123 Å². The van der Waals surface area contributed by atoms with Crippen LogP contribution in [-0.2, 0) is 16.6 Å². The maximum Gasteiger partial charge on any atom is 0.407 e. The average molecular weight is 463 g/mol. The summed E-state index contributed by atoms with van der Waals surface area (Å²) < 4.78 is 6.81. The molecule has 176 valence electrons. The number of aryl methyl sites for hydroxylation is 1. The zero-order valence-corrected chi connectivity index (χ0v) is 19.1. The molecule has 34 heavy (non-hydrogen) atoms. The maximum absolute atomic E-state index is 12.9. The van der Waals surface area contributed by atoms with Crippen molar-refractivity contribution in [3.63, 3.8) is 0 Å². The number of carboxylic acids is 1. The van der Waals surface area contributed by atoms with Crippen LogP contribution in [0.2, 0.25) is 0 Å². The second-order valence-corrected chi connectivity index (χ2v) is 8.52. The second-order valence-electron chi connectivity index (χ2n) is 8.52. The van der Waals surface area contributed by atoms with E-state index in [1.165, 1.54) is 11.7 Å². The van der Waals surface area contributed by atoms with Crippen molar-refractivity contribution >= 4 is 23.8 Å². The highest BCUT2D eigenvalue weighted by atomic mass is 16.5. The quantitative estimate of drug-likeness (QED) is 0.493. The van der Waals surface area contributed by atoms with E-state index in [1.54, 1.807) is 13.8 Å². The molecule has 0 saturated carbocycles. The van der Waals surface area contributed by atoms with Gasteiger partial charge in [-0.05, 0) is 28.2 Å². The predicted octanol–water partition coefficient (Wildman–Crippen LogP) is 3.62. The number of aromatic nitrogens is 2. The first-order chi connectivity index (χ1) is 16.3. The molecule has 1 aliphatic carbocycles. The lowest BCUT2D eigenvalue weighted by atomic mass is 9.98. The van der Waals surface area contributed by atoms with Gasteiger partial charge in [0, 0.05) is 13.0 Å². The highest BCUT2D eigenvalue weighted by Gasteiger charge is 2.31. The number of hydrogen-bond acceptors (Lipinski definition) is 5. The molecule has 1 heterocycles. The lowest BCUT2D eigenvalue weighted by molar-refractivity contribution is -0.119. The highest BCUT2D eigenvalue weighted by molar-refractivity contribution is 6.01. The first-order valence-corrected chi connectivity index (χ1v) is 11.0. The van der Waals surface area contributed by atoms with Crippen LogP contribution in [0, 0.1) is 5.92 Å². The first-order valence-electron chi connectivity index (χ1n) is 11.0. The predicted molar refractivity (Wildman–Crippen MR) is 126 cm³/mol. The van der Waals surface area contributed by atoms with Crippen molar-refractivity contribution in [3.8, 4) is 11.1 Å². The number of nitrogens with one attached hydrogen (secondary N) is 2. The fourth-order valence-corrected chi connectivity index (χ4v) is 4.24. The average Bonchev–Trinajstić information content (AvgIpc) is 3.33. The Balaban J connectivity index is 1.44. The van der Waals surface area contributed by atoms with E-state index in [-0.39, 0.29) is 29.8 Å². The van der Waals surface area contributed by atoms with E-state index in [0.29, 0.717) is 0 Å². The number of carbonyl (C=O) groups is 3. The van der Waals surface area contributed by atoms with E-state index in [4.69, 9.17) is 4.74 Å². The van der Waals surface area contributed by atoms with Crippen LogP contribution in [0.3, 0.4) is 0 Å². The number of carboxylic acid groups (broad SMARTS) is 1. The minimum absolute atomic E-state index is 0.0393. The molecule has 9 nitrogen and oxygen atoms in total. The van der Waals surface area contributed by atoms with Gasteiger partial charge in [-0.2, -0.15) is 5.10 Å². The summed E-state index contributed by atoms with van der Waals surface area (Å²) in [6.07, 6.45) is 0.431. The molecule has 1 aromatic heterocycles. The zero-order valence-electron chi connectivity index (χ0n) is 19.1. The van der Waals surface area contributed by atoms with Gasteiger partial charge in [-0.15, -0.1) is 0 Å². The van der Waals surface area contributed by atoms with Crippen LogP contribution in [0.25, 0.3) is 11.1 Å². The van der Waals surface area contributed by atoms with Crippen LogP contribution < -0.4 is 10.6 Å². The Kier molecular flexibility index (Phi) is 6.36. The van der Waals surface area contributed by atoms with Gasteiger partial charge in [0.1, 0.15) is 24.0 Å². The fraction of sp³-hybridized carbons (Fsp3) is 0.280. The minimum atomic E-state index is -1.21. The summed E-state index contributed by atoms with van der Waals surface area (Å²) in [6.45, 7) is 3.67. The standard InChI is InChI=1S/C25H26N4O5/c1-14(2)21(23(30)28-22-19(24(31)32)12-26-29(22)3)27-25(33)34-13-20-17-10-6-4-8-15(17)16-9-5-7-11-18(16)20/h4-12,14,20-21H,13H2,1-3H3,(H,27,33)(H,28,30)(H,31,32). The summed E-state index contributed by atoms with van der Waals surface area (Å²) in [6, 6.07) is 15.1. The first kappa shape index (κ1) is 23.0. The van der Waals surface area contributed by atoms with E-state index < -0.39 is 24.0 Å². The minimum Gasteiger partial charge on any atom is -0.477 e. The number of hydrogen-bond donors (Lipinski definition) is 3. The normalized spacial score (nSPS) is 13.2. The number of amides is 2. The van der Waals surface area contributed by atoms with Crippen molar-refractivity contribution < 1.29 is 24.2 Å². The number of aromatic carboxylic acids is 1. The summed E-state index contributed by atoms with van der Waals surface area (Å²) in [5.74, 6) is -2.11. The molecule has 4 rings (SSSR count). The van der Waals surface area contributed by atoms with Gasteiger partial charge < -0.3 is 20.5 Å². The van der Waals surface area contributed by atoms with Crippen molar-refractivity contribution in [1.29, 1.82) is 0 Å². The molecule has 9 heteroatoms. The third-order valence-electron chi connectivity index (χ3n) is 5.98. The largest absolute Gasteiger partial charge is 0.477 e. The summed E-state index contributed by atoms with van der Waals surface area (Å²) >= 11 is 0. The fourth-order valence-electron chi connectivity index (χ4n) is 4.24. The summed E-state index contributed by atoms with van der Waals surface area (Å²) in [7, 11) is 1.52. The molecule has 0 fully saturated rings. The molecule has 2 amide bonds. The molecule has 0 aliphatic heterocycles. The summed E-state index contributed by atoms with van der Waals surface area (Å²) in [4.78, 5) is 36.9. The number of alkyl carbamates (subject to hydrolysis) is 1. The smallest absolute Gasteiger partial charge is 0.407 e. The number of rotatable bonds is 7. The van der Waals surface area contributed by atoms with Crippen molar-refractivity contribution in [3.05, 3.63) is 71.4 Å². The van der Waals surface area contributed by atoms with E-state index in [1.807, 2.05) is 36.4 Å². The Bertz CT molecular complexity index is 1200. The lowest BCUT2D eigenvalue weighted by Crippen LogP contribution is -2.47. The third-order valence-corrected chi connectivity index (χ3v) is 5.98. The van der Waals surface area contributed by atoms with E-state index in [9.17, 15) is 19.5 Å². The van der Waals surface area contributed by atoms with Crippen molar-refractivity contribution in [2.45, 2.75) is 25.8 Å². The third kappa shape index (κ3) is 4.36. The molecular formula is C25H26N4O5. The van der Waals surface area contributed by atoms with Crippen LogP contribution in [0.15, 0.2) is 54.7 Å². The van der Waals surface area contributed by atoms with Gasteiger partial charge in [-0.25, -0.2) is 9.59 Å². The number of benzene rings is 2. The van der Waals surface area contributed by atoms with Gasteiger partial charge in [-0.3, -0.25) is 9.48 Å². The van der Waals surface area contributed by atoms with Gasteiger partial charge in [0.15, 0.2) is 0 Å². The molecule has 1 aliphatic rings. The SMILES string of the molecule is CC(C)C(NC(=O)OCC1c2ccccc2-c2ccccc21)C(=O)Nc1c(C(=O)O)cnn1C. The van der Waals surface area contributed by atoms with E-state index in [2.05, 4.69) is 27.9 Å². The van der Waals surface area contributed by atoms with Crippen molar-refractivity contribution in [2.75, 3.05) is 11.9 Å². The summed E-state index contributed by atoms with van der Waals surface area (Å²) in [5.41, 5.74) is 4.28. The molecule has 0 spiro atoms. The molecule has 0 saturated heterocycles. The second kappa shape index (κ2) is 9.38. The summed E-state index contributed by atoms with van der Waals surface area (Å²) in [5, 5.41) is 18.4. The molecule has 3 N–H and O–H groups in total. The molecule has 0 radical (unpaired) electrons. The molecular weight excluding hydrogens is 436 g/mol. The molecule has 1 atom stereocenters. The van der Waals surface area contributed by atoms with Crippen molar-refractivity contribution in [1.82, 2.24) is 15.1 Å². The zero-order chi connectivity index (χ0) is 24.4. The van der Waals surface area contributed by atoms with Gasteiger partial charge in [-0.1, -0.05) is 62.4 Å². The maximum atomic E-state index is 12.9. The molecule has 2 aromatic carbocycles. The van der Waals surface area contributed by atoms with Gasteiger partial charge in [0.25, 0.3) is 0 Å². The number of nitrogens with zero attached hydrogens (tertiary/aromatic N) is 2. The van der Waals surface area contributed by atoms with E-state index >= 15 is 0 Å². The number of ether oxygens (including phenoxy) is 1. The lowest BCUT2D eigenvalue weighted by Gasteiger charge is -2.22.